The second-order valence-electron chi connectivity index (χ2n) is 4.93. The van der Waals surface area contributed by atoms with Gasteiger partial charge < -0.3 is 5.32 Å². The molecule has 0 saturated carbocycles. The molecule has 122 valence electrons. The van der Waals surface area contributed by atoms with Crippen molar-refractivity contribution in [2.75, 3.05) is 5.32 Å². The fourth-order valence-electron chi connectivity index (χ4n) is 2.00. The number of rotatable bonds is 3. The van der Waals surface area contributed by atoms with E-state index in [-0.39, 0.29) is 5.56 Å². The number of anilines is 1. The predicted octanol–water partition coefficient (Wildman–Crippen LogP) is 1.50. The number of aryl methyl sites for hydroxylation is 1. The van der Waals surface area contributed by atoms with Gasteiger partial charge in [0, 0.05) is 18.3 Å². The summed E-state index contributed by atoms with van der Waals surface area (Å²) in [4.78, 5) is 23.8. The van der Waals surface area contributed by atoms with Crippen molar-refractivity contribution < 1.29 is 13.6 Å². The van der Waals surface area contributed by atoms with Gasteiger partial charge in [0.15, 0.2) is 11.6 Å². The van der Waals surface area contributed by atoms with Gasteiger partial charge in [-0.3, -0.25) is 4.79 Å². The predicted molar refractivity (Wildman–Crippen MR) is 80.9 cm³/mol. The molecule has 3 rings (SSSR count). The van der Waals surface area contributed by atoms with Crippen molar-refractivity contribution in [3.05, 3.63) is 70.1 Å². The highest BCUT2D eigenvalue weighted by Gasteiger charge is 2.11. The molecule has 9 heteroatoms. The minimum Gasteiger partial charge on any atom is -0.322 e. The Labute approximate surface area is 134 Å². The van der Waals surface area contributed by atoms with Crippen molar-refractivity contribution in [3.8, 4) is 5.69 Å². The molecule has 0 unspecified atom stereocenters. The molecule has 0 saturated heterocycles. The van der Waals surface area contributed by atoms with Crippen LogP contribution in [0.1, 0.15) is 10.4 Å². The van der Waals surface area contributed by atoms with E-state index in [1.54, 1.807) is 24.3 Å². The molecule has 0 aliphatic carbocycles. The molecule has 0 fully saturated rings. The second-order valence-corrected chi connectivity index (χ2v) is 4.93. The number of nitrogens with one attached hydrogen (secondary N) is 1. The molecule has 24 heavy (non-hydrogen) atoms. The lowest BCUT2D eigenvalue weighted by atomic mass is 10.2. The highest BCUT2D eigenvalue weighted by Crippen LogP contribution is 2.14. The zero-order chi connectivity index (χ0) is 17.3. The summed E-state index contributed by atoms with van der Waals surface area (Å²) >= 11 is 0. The van der Waals surface area contributed by atoms with Gasteiger partial charge in [0.1, 0.15) is 0 Å². The van der Waals surface area contributed by atoms with Gasteiger partial charge in [-0.25, -0.2) is 13.6 Å². The number of nitrogens with zero attached hydrogens (tertiary/aromatic N) is 4. The molecule has 1 aromatic heterocycles. The Morgan fingerprint density at radius 1 is 1.04 bits per heavy atom. The first-order valence-electron chi connectivity index (χ1n) is 6.81. The third-order valence-corrected chi connectivity index (χ3v) is 3.27. The maximum absolute atomic E-state index is 13.2. The highest BCUT2D eigenvalue weighted by molar-refractivity contribution is 6.04. The van der Waals surface area contributed by atoms with E-state index in [1.807, 2.05) is 0 Å². The average molecular weight is 331 g/mol. The number of carbonyl (C=O) groups excluding carboxylic acids is 1. The number of hydrogen-bond acceptors (Lipinski definition) is 4. The number of hydrogen-bond donors (Lipinski definition) is 1. The molecule has 0 spiro atoms. The summed E-state index contributed by atoms with van der Waals surface area (Å²) < 4.78 is 28.2. The first kappa shape index (κ1) is 15.5. The SMILES string of the molecule is Cn1nnn(-c2ccc(NC(=O)c3ccc(F)c(F)c3)cc2)c1=O. The zero-order valence-corrected chi connectivity index (χ0v) is 12.4. The van der Waals surface area contributed by atoms with Gasteiger partial charge in [-0.05, 0) is 52.9 Å². The van der Waals surface area contributed by atoms with Crippen LogP contribution in [0, 0.1) is 11.6 Å². The van der Waals surface area contributed by atoms with Gasteiger partial charge in [0.2, 0.25) is 0 Å². The molecule has 0 aliphatic rings. The topological polar surface area (TPSA) is 81.8 Å². The van der Waals surface area contributed by atoms with Crippen molar-refractivity contribution in [1.29, 1.82) is 0 Å². The van der Waals surface area contributed by atoms with E-state index >= 15 is 0 Å². The van der Waals surface area contributed by atoms with Crippen LogP contribution in [0.15, 0.2) is 47.3 Å². The molecule has 0 aliphatic heterocycles. The number of halogens is 2. The normalized spacial score (nSPS) is 10.6. The van der Waals surface area contributed by atoms with E-state index in [9.17, 15) is 18.4 Å². The van der Waals surface area contributed by atoms with E-state index in [1.165, 1.54) is 13.1 Å². The number of aromatic nitrogens is 4. The lowest BCUT2D eigenvalue weighted by Crippen LogP contribution is -2.21. The summed E-state index contributed by atoms with van der Waals surface area (Å²) in [6.45, 7) is 0. The van der Waals surface area contributed by atoms with Crippen molar-refractivity contribution in [3.63, 3.8) is 0 Å². The molecule has 7 nitrogen and oxygen atoms in total. The Hall–Kier alpha value is -3.36. The molecule has 0 radical (unpaired) electrons. The molecular formula is C15H11F2N5O2. The first-order valence-corrected chi connectivity index (χ1v) is 6.81. The van der Waals surface area contributed by atoms with Gasteiger partial charge in [0.25, 0.3) is 5.91 Å². The van der Waals surface area contributed by atoms with Crippen LogP contribution in [0.3, 0.4) is 0 Å². The summed E-state index contributed by atoms with van der Waals surface area (Å²) in [6, 6.07) is 9.11. The monoisotopic (exact) mass is 331 g/mol. The summed E-state index contributed by atoms with van der Waals surface area (Å²) in [5.41, 5.74) is 0.473. The van der Waals surface area contributed by atoms with E-state index in [2.05, 4.69) is 15.7 Å². The largest absolute Gasteiger partial charge is 0.368 e. The highest BCUT2D eigenvalue weighted by atomic mass is 19.2. The average Bonchev–Trinajstić information content (AvgIpc) is 2.90. The number of carbonyl (C=O) groups is 1. The van der Waals surface area contributed by atoms with Crippen LogP contribution in [0.5, 0.6) is 0 Å². The lowest BCUT2D eigenvalue weighted by molar-refractivity contribution is 0.102. The van der Waals surface area contributed by atoms with Crippen LogP contribution >= 0.6 is 0 Å². The van der Waals surface area contributed by atoms with Gasteiger partial charge >= 0.3 is 5.69 Å². The van der Waals surface area contributed by atoms with Gasteiger partial charge in [-0.15, -0.1) is 0 Å². The standard InChI is InChI=1S/C15H11F2N5O2/c1-21-15(24)22(20-19-21)11-5-3-10(4-6-11)18-14(23)9-2-7-12(16)13(17)8-9/h2-8H,1H3,(H,18,23). The molecule has 1 heterocycles. The molecule has 1 amide bonds. The quantitative estimate of drug-likeness (QED) is 0.788. The Bertz CT molecular complexity index is 963. The van der Waals surface area contributed by atoms with Crippen LogP contribution in [0.25, 0.3) is 5.69 Å². The summed E-state index contributed by atoms with van der Waals surface area (Å²) in [7, 11) is 1.47. The maximum Gasteiger partial charge on any atom is 0.368 e. The second kappa shape index (κ2) is 6.03. The lowest BCUT2D eigenvalue weighted by Gasteiger charge is -2.06. The van der Waals surface area contributed by atoms with Crippen LogP contribution in [0.4, 0.5) is 14.5 Å². The molecular weight excluding hydrogens is 320 g/mol. The zero-order valence-electron chi connectivity index (χ0n) is 12.4. The van der Waals surface area contributed by atoms with Crippen molar-refractivity contribution in [2.45, 2.75) is 0 Å². The Kier molecular flexibility index (Phi) is 3.90. The number of tetrazole rings is 1. The number of benzene rings is 2. The molecule has 0 bridgehead atoms. The Balaban J connectivity index is 1.79. The maximum atomic E-state index is 13.2. The molecule has 3 aromatic rings. The van der Waals surface area contributed by atoms with Crippen LogP contribution in [-0.2, 0) is 7.05 Å². The fourth-order valence-corrected chi connectivity index (χ4v) is 2.00. The molecule has 1 N–H and O–H groups in total. The fraction of sp³-hybridized carbons (Fsp3) is 0.0667. The molecule has 2 aromatic carbocycles. The minimum absolute atomic E-state index is 0.0110. The van der Waals surface area contributed by atoms with E-state index < -0.39 is 23.2 Å². The minimum atomic E-state index is -1.10. The third-order valence-electron chi connectivity index (χ3n) is 3.27. The van der Waals surface area contributed by atoms with Crippen molar-refractivity contribution >= 4 is 11.6 Å². The summed E-state index contributed by atoms with van der Waals surface area (Å²) in [5, 5.41) is 9.84. The van der Waals surface area contributed by atoms with Crippen LogP contribution < -0.4 is 11.0 Å². The van der Waals surface area contributed by atoms with Crippen LogP contribution in [0.2, 0.25) is 0 Å². The van der Waals surface area contributed by atoms with Gasteiger partial charge in [-0.1, -0.05) is 0 Å². The first-order chi connectivity index (χ1) is 11.5. The van der Waals surface area contributed by atoms with E-state index in [0.717, 1.165) is 21.5 Å². The van der Waals surface area contributed by atoms with Crippen molar-refractivity contribution in [2.24, 2.45) is 7.05 Å². The van der Waals surface area contributed by atoms with Gasteiger partial charge in [-0.2, -0.15) is 9.36 Å². The smallest absolute Gasteiger partial charge is 0.322 e. The van der Waals surface area contributed by atoms with Gasteiger partial charge in [0.05, 0.1) is 5.69 Å². The number of amides is 1. The van der Waals surface area contributed by atoms with E-state index in [4.69, 9.17) is 0 Å². The van der Waals surface area contributed by atoms with Crippen molar-refractivity contribution in [1.82, 2.24) is 19.8 Å². The van der Waals surface area contributed by atoms with E-state index in [0.29, 0.717) is 11.4 Å². The summed E-state index contributed by atoms with van der Waals surface area (Å²) in [5.74, 6) is -2.70. The van der Waals surface area contributed by atoms with Crippen LogP contribution in [-0.4, -0.2) is 25.7 Å². The Morgan fingerprint density at radius 2 is 1.75 bits per heavy atom. The Morgan fingerprint density at radius 3 is 2.33 bits per heavy atom. The summed E-state index contributed by atoms with van der Waals surface area (Å²) in [6.07, 6.45) is 0. The molecule has 0 atom stereocenters. The third kappa shape index (κ3) is 2.91.